The van der Waals surface area contributed by atoms with E-state index >= 15 is 0 Å². The third-order valence-corrected chi connectivity index (χ3v) is 4.27. The lowest BCUT2D eigenvalue weighted by molar-refractivity contribution is 0.192. The Labute approximate surface area is 121 Å². The van der Waals surface area contributed by atoms with Gasteiger partial charge in [-0.15, -0.1) is 0 Å². The highest BCUT2D eigenvalue weighted by Crippen LogP contribution is 2.08. The molecule has 0 aliphatic heterocycles. The topological polar surface area (TPSA) is 75.6 Å². The predicted octanol–water partition coefficient (Wildman–Crippen LogP) is 1.41. The number of benzene rings is 1. The fourth-order valence-corrected chi connectivity index (χ4v) is 2.98. The summed E-state index contributed by atoms with van der Waals surface area (Å²) < 4.78 is 31.2. The molecule has 1 aromatic rings. The van der Waals surface area contributed by atoms with Gasteiger partial charge in [-0.1, -0.05) is 24.3 Å². The number of hydrogen-bond acceptors (Lipinski definition) is 4. The average Bonchev–Trinajstić information content (AvgIpc) is 2.43. The molecule has 0 amide bonds. The molecule has 20 heavy (non-hydrogen) atoms. The maximum atomic E-state index is 11.9. The number of unbranched alkanes of at least 4 members (excludes halogenated alkanes) is 2. The van der Waals surface area contributed by atoms with Crippen LogP contribution in [0.3, 0.4) is 0 Å². The van der Waals surface area contributed by atoms with Crippen LogP contribution in [0.5, 0.6) is 0 Å². The quantitative estimate of drug-likeness (QED) is 0.641. The Balaban J connectivity index is 2.33. The molecule has 0 aliphatic rings. The zero-order chi connectivity index (χ0) is 14.8. The normalized spacial score (nSPS) is 11.7. The molecule has 6 heteroatoms. The van der Waals surface area contributed by atoms with E-state index in [0.29, 0.717) is 18.7 Å². The molecule has 0 spiro atoms. The summed E-state index contributed by atoms with van der Waals surface area (Å²) in [7, 11) is -1.63. The molecule has 1 aromatic carbocycles. The summed E-state index contributed by atoms with van der Waals surface area (Å²) >= 11 is 0. The van der Waals surface area contributed by atoms with Gasteiger partial charge >= 0.3 is 0 Å². The van der Waals surface area contributed by atoms with Crippen molar-refractivity contribution in [3.63, 3.8) is 0 Å². The molecule has 2 N–H and O–H groups in total. The van der Waals surface area contributed by atoms with Crippen LogP contribution in [0.4, 0.5) is 0 Å². The van der Waals surface area contributed by atoms with Crippen LogP contribution >= 0.6 is 0 Å². The van der Waals surface area contributed by atoms with E-state index in [-0.39, 0.29) is 12.4 Å². The smallest absolute Gasteiger partial charge is 0.215 e. The highest BCUT2D eigenvalue weighted by molar-refractivity contribution is 7.88. The largest absolute Gasteiger partial charge is 0.392 e. The molecular formula is C14H23NO4S. The Morgan fingerprint density at radius 1 is 1.10 bits per heavy atom. The van der Waals surface area contributed by atoms with Crippen molar-refractivity contribution in [3.8, 4) is 0 Å². The molecule has 0 aliphatic carbocycles. The van der Waals surface area contributed by atoms with E-state index in [1.54, 1.807) is 31.4 Å². The molecule has 1 rings (SSSR count). The van der Waals surface area contributed by atoms with Crippen LogP contribution < -0.4 is 4.72 Å². The van der Waals surface area contributed by atoms with E-state index in [9.17, 15) is 8.42 Å². The van der Waals surface area contributed by atoms with Gasteiger partial charge in [0.2, 0.25) is 10.0 Å². The summed E-state index contributed by atoms with van der Waals surface area (Å²) in [6.45, 7) is 1.14. The van der Waals surface area contributed by atoms with Gasteiger partial charge in [0.1, 0.15) is 0 Å². The van der Waals surface area contributed by atoms with Gasteiger partial charge in [-0.2, -0.15) is 0 Å². The Bertz CT molecular complexity index is 470. The van der Waals surface area contributed by atoms with Gasteiger partial charge in [-0.25, -0.2) is 13.1 Å². The van der Waals surface area contributed by atoms with Crippen molar-refractivity contribution in [2.24, 2.45) is 0 Å². The first-order chi connectivity index (χ1) is 9.57. The fraction of sp³-hybridized carbons (Fsp3) is 0.571. The van der Waals surface area contributed by atoms with E-state index in [4.69, 9.17) is 9.84 Å². The molecule has 0 fully saturated rings. The number of nitrogens with one attached hydrogen (secondary N) is 1. The number of ether oxygens (including phenoxy) is 1. The zero-order valence-corrected chi connectivity index (χ0v) is 12.7. The average molecular weight is 301 g/mol. The first-order valence-electron chi connectivity index (χ1n) is 6.72. The van der Waals surface area contributed by atoms with Gasteiger partial charge in [0.25, 0.3) is 0 Å². The molecule has 0 saturated carbocycles. The molecule has 0 unspecified atom stereocenters. The number of rotatable bonds is 10. The summed E-state index contributed by atoms with van der Waals surface area (Å²) in [5.74, 6) is -0.0310. The van der Waals surface area contributed by atoms with Crippen LogP contribution in [-0.2, 0) is 27.1 Å². The molecule has 0 heterocycles. The fourth-order valence-electron chi connectivity index (χ4n) is 1.79. The molecule has 0 radical (unpaired) electrons. The molecule has 114 valence electrons. The highest BCUT2D eigenvalue weighted by Gasteiger charge is 2.10. The van der Waals surface area contributed by atoms with E-state index in [2.05, 4.69) is 4.72 Å². The van der Waals surface area contributed by atoms with Crippen molar-refractivity contribution < 1.29 is 18.3 Å². The lowest BCUT2D eigenvalue weighted by Gasteiger charge is -2.07. The first kappa shape index (κ1) is 17.1. The zero-order valence-electron chi connectivity index (χ0n) is 11.8. The van der Waals surface area contributed by atoms with Gasteiger partial charge in [-0.05, 0) is 30.4 Å². The highest BCUT2D eigenvalue weighted by atomic mass is 32.2. The summed E-state index contributed by atoms with van der Waals surface area (Å²) in [6.07, 6.45) is 2.70. The molecule has 0 atom stereocenters. The van der Waals surface area contributed by atoms with Gasteiger partial charge < -0.3 is 9.84 Å². The lowest BCUT2D eigenvalue weighted by atomic mass is 10.2. The van der Waals surface area contributed by atoms with E-state index in [0.717, 1.165) is 24.8 Å². The third kappa shape index (κ3) is 7.00. The van der Waals surface area contributed by atoms with Gasteiger partial charge in [-0.3, -0.25) is 0 Å². The van der Waals surface area contributed by atoms with E-state index in [1.165, 1.54) is 0 Å². The number of methoxy groups -OCH3 is 1. The van der Waals surface area contributed by atoms with E-state index < -0.39 is 10.0 Å². The van der Waals surface area contributed by atoms with Crippen LogP contribution in [-0.4, -0.2) is 33.8 Å². The molecule has 0 aromatic heterocycles. The Morgan fingerprint density at radius 3 is 2.35 bits per heavy atom. The van der Waals surface area contributed by atoms with Crippen LogP contribution in [0, 0.1) is 0 Å². The van der Waals surface area contributed by atoms with Crippen LogP contribution in [0.15, 0.2) is 24.3 Å². The number of aliphatic hydroxyl groups is 1. The second-order valence-electron chi connectivity index (χ2n) is 4.68. The minimum Gasteiger partial charge on any atom is -0.392 e. The maximum Gasteiger partial charge on any atom is 0.215 e. The molecule has 0 saturated heterocycles. The van der Waals surface area contributed by atoms with Crippen molar-refractivity contribution in [3.05, 3.63) is 35.4 Å². The summed E-state index contributed by atoms with van der Waals surface area (Å²) in [6, 6.07) is 6.91. The van der Waals surface area contributed by atoms with Gasteiger partial charge in [0.15, 0.2) is 0 Å². The van der Waals surface area contributed by atoms with Crippen molar-refractivity contribution in [2.45, 2.75) is 31.6 Å². The van der Waals surface area contributed by atoms with Crippen LogP contribution in [0.2, 0.25) is 0 Å². The van der Waals surface area contributed by atoms with Crippen molar-refractivity contribution >= 4 is 10.0 Å². The minimum atomic E-state index is -3.29. The van der Waals surface area contributed by atoms with Crippen LogP contribution in [0.25, 0.3) is 0 Å². The molecular weight excluding hydrogens is 278 g/mol. The van der Waals surface area contributed by atoms with Crippen molar-refractivity contribution in [1.29, 1.82) is 0 Å². The van der Waals surface area contributed by atoms with Crippen LogP contribution in [0.1, 0.15) is 30.4 Å². The minimum absolute atomic E-state index is 0.0310. The Morgan fingerprint density at radius 2 is 1.75 bits per heavy atom. The van der Waals surface area contributed by atoms with Gasteiger partial charge in [0.05, 0.1) is 12.4 Å². The predicted molar refractivity (Wildman–Crippen MR) is 78.7 cm³/mol. The Kier molecular flexibility index (Phi) is 7.76. The SMILES string of the molecule is COCCCCCNS(=O)(=O)Cc1ccc(CO)cc1. The number of hydrogen-bond donors (Lipinski definition) is 2. The van der Waals surface area contributed by atoms with E-state index in [1.807, 2.05) is 0 Å². The molecule has 5 nitrogen and oxygen atoms in total. The second kappa shape index (κ2) is 9.07. The Hall–Kier alpha value is -0.950. The summed E-state index contributed by atoms with van der Waals surface area (Å²) in [4.78, 5) is 0. The van der Waals surface area contributed by atoms with Gasteiger partial charge in [0, 0.05) is 20.3 Å². The second-order valence-corrected chi connectivity index (χ2v) is 6.49. The number of aliphatic hydroxyl groups excluding tert-OH is 1. The first-order valence-corrected chi connectivity index (χ1v) is 8.37. The monoisotopic (exact) mass is 301 g/mol. The third-order valence-electron chi connectivity index (χ3n) is 2.91. The lowest BCUT2D eigenvalue weighted by Crippen LogP contribution is -2.26. The summed E-state index contributed by atoms with van der Waals surface area (Å²) in [5.41, 5.74) is 1.49. The maximum absolute atomic E-state index is 11.9. The van der Waals surface area contributed by atoms with Crippen molar-refractivity contribution in [1.82, 2.24) is 4.72 Å². The standard InChI is InChI=1S/C14H23NO4S/c1-19-10-4-2-3-9-15-20(17,18)12-14-7-5-13(11-16)6-8-14/h5-8,15-16H,2-4,9-12H2,1H3. The van der Waals surface area contributed by atoms with Crippen molar-refractivity contribution in [2.75, 3.05) is 20.3 Å². The molecule has 0 bridgehead atoms. The number of sulfonamides is 1. The summed E-state index contributed by atoms with van der Waals surface area (Å²) in [5, 5.41) is 8.93.